The molecular weight excluding hydrogens is 297 g/mol. The van der Waals surface area contributed by atoms with Crippen LogP contribution >= 0.6 is 0 Å². The summed E-state index contributed by atoms with van der Waals surface area (Å²) in [5, 5.41) is 0.523. The maximum atomic E-state index is 12.9. The molecule has 0 aliphatic carbocycles. The summed E-state index contributed by atoms with van der Waals surface area (Å²) < 4.78 is 20.0. The summed E-state index contributed by atoms with van der Waals surface area (Å²) in [6, 6.07) is 13.3. The molecule has 2 aromatic carbocycles. The van der Waals surface area contributed by atoms with E-state index in [1.165, 1.54) is 16.7 Å². The molecule has 0 aliphatic rings. The molecule has 0 fully saturated rings. The first kappa shape index (κ1) is 15.2. The van der Waals surface area contributed by atoms with Gasteiger partial charge in [0.15, 0.2) is 0 Å². The standard InChI is InChI=1S/C17H16FN3O2/c18-13-7-5-12(6-8-13)11-23-17-20-15-4-2-1-3-14(15)16(22)21(17)10-9-19/h1-8H,9-11,19H2. The highest BCUT2D eigenvalue weighted by atomic mass is 19.1. The zero-order valence-electron chi connectivity index (χ0n) is 12.4. The molecular formula is C17H16FN3O2. The van der Waals surface area contributed by atoms with E-state index in [4.69, 9.17) is 10.5 Å². The number of nitrogens with two attached hydrogens (primary N) is 1. The summed E-state index contributed by atoms with van der Waals surface area (Å²) >= 11 is 0. The summed E-state index contributed by atoms with van der Waals surface area (Å²) in [6.45, 7) is 0.803. The number of aromatic nitrogens is 2. The van der Waals surface area contributed by atoms with Gasteiger partial charge in [-0.25, -0.2) is 4.39 Å². The Morgan fingerprint density at radius 2 is 1.87 bits per heavy atom. The topological polar surface area (TPSA) is 70.1 Å². The maximum absolute atomic E-state index is 12.9. The first-order valence-corrected chi connectivity index (χ1v) is 7.26. The smallest absolute Gasteiger partial charge is 0.300 e. The zero-order chi connectivity index (χ0) is 16.2. The average molecular weight is 313 g/mol. The van der Waals surface area contributed by atoms with Gasteiger partial charge in [0.25, 0.3) is 11.6 Å². The first-order valence-electron chi connectivity index (χ1n) is 7.26. The fourth-order valence-electron chi connectivity index (χ4n) is 2.31. The van der Waals surface area contributed by atoms with Gasteiger partial charge < -0.3 is 10.5 Å². The number of para-hydroxylation sites is 1. The van der Waals surface area contributed by atoms with Crippen molar-refractivity contribution >= 4 is 10.9 Å². The highest BCUT2D eigenvalue weighted by Crippen LogP contribution is 2.14. The third-order valence-corrected chi connectivity index (χ3v) is 3.46. The van der Waals surface area contributed by atoms with Crippen LogP contribution in [0.5, 0.6) is 6.01 Å². The Kier molecular flexibility index (Phi) is 4.34. The number of fused-ring (bicyclic) bond motifs is 1. The number of benzene rings is 2. The minimum Gasteiger partial charge on any atom is -0.460 e. The minimum atomic E-state index is -0.308. The van der Waals surface area contributed by atoms with Gasteiger partial charge in [-0.05, 0) is 29.8 Å². The van der Waals surface area contributed by atoms with E-state index >= 15 is 0 Å². The molecule has 3 rings (SSSR count). The Labute approximate surface area is 132 Å². The summed E-state index contributed by atoms with van der Waals surface area (Å²) in [5.74, 6) is -0.308. The van der Waals surface area contributed by atoms with Crippen LogP contribution < -0.4 is 16.0 Å². The lowest BCUT2D eigenvalue weighted by molar-refractivity contribution is 0.262. The van der Waals surface area contributed by atoms with Crippen molar-refractivity contribution in [1.82, 2.24) is 9.55 Å². The number of hydrogen-bond acceptors (Lipinski definition) is 4. The summed E-state index contributed by atoms with van der Waals surface area (Å²) in [6.07, 6.45) is 0. The predicted octanol–water partition coefficient (Wildman–Crippen LogP) is 2.07. The molecule has 6 heteroatoms. The van der Waals surface area contributed by atoms with E-state index in [-0.39, 0.29) is 24.0 Å². The van der Waals surface area contributed by atoms with E-state index in [2.05, 4.69) is 4.98 Å². The van der Waals surface area contributed by atoms with Crippen LogP contribution in [-0.2, 0) is 13.2 Å². The fraction of sp³-hybridized carbons (Fsp3) is 0.176. The molecule has 1 aromatic heterocycles. The highest BCUT2D eigenvalue weighted by Gasteiger charge is 2.11. The maximum Gasteiger partial charge on any atom is 0.300 e. The molecule has 118 valence electrons. The Morgan fingerprint density at radius 3 is 2.61 bits per heavy atom. The molecule has 23 heavy (non-hydrogen) atoms. The van der Waals surface area contributed by atoms with Crippen molar-refractivity contribution in [2.75, 3.05) is 6.54 Å². The van der Waals surface area contributed by atoms with E-state index in [0.717, 1.165) is 5.56 Å². The van der Waals surface area contributed by atoms with E-state index in [9.17, 15) is 9.18 Å². The van der Waals surface area contributed by atoms with Crippen molar-refractivity contribution in [3.05, 3.63) is 70.3 Å². The minimum absolute atomic E-state index is 0.185. The Hall–Kier alpha value is -2.73. The Balaban J connectivity index is 1.96. The molecule has 0 saturated heterocycles. The van der Waals surface area contributed by atoms with Gasteiger partial charge in [-0.2, -0.15) is 4.98 Å². The van der Waals surface area contributed by atoms with Crippen molar-refractivity contribution in [1.29, 1.82) is 0 Å². The molecule has 0 amide bonds. The van der Waals surface area contributed by atoms with Crippen LogP contribution in [0.25, 0.3) is 10.9 Å². The van der Waals surface area contributed by atoms with Crippen LogP contribution in [0.3, 0.4) is 0 Å². The van der Waals surface area contributed by atoms with Crippen molar-refractivity contribution in [3.8, 4) is 6.01 Å². The van der Waals surface area contributed by atoms with Crippen LogP contribution in [0.15, 0.2) is 53.3 Å². The van der Waals surface area contributed by atoms with Crippen molar-refractivity contribution in [2.45, 2.75) is 13.2 Å². The third kappa shape index (κ3) is 3.22. The summed E-state index contributed by atoms with van der Waals surface area (Å²) in [5.41, 5.74) is 6.75. The van der Waals surface area contributed by atoms with E-state index in [1.807, 2.05) is 6.07 Å². The fourth-order valence-corrected chi connectivity index (χ4v) is 2.31. The molecule has 1 heterocycles. The van der Waals surface area contributed by atoms with Crippen molar-refractivity contribution < 1.29 is 9.13 Å². The van der Waals surface area contributed by atoms with E-state index < -0.39 is 0 Å². The summed E-state index contributed by atoms with van der Waals surface area (Å²) in [7, 11) is 0. The number of hydrogen-bond donors (Lipinski definition) is 1. The van der Waals surface area contributed by atoms with Crippen molar-refractivity contribution in [2.24, 2.45) is 5.73 Å². The molecule has 0 spiro atoms. The molecule has 0 aliphatic heterocycles. The van der Waals surface area contributed by atoms with Crippen LogP contribution in [-0.4, -0.2) is 16.1 Å². The Bertz CT molecular complexity index is 875. The molecule has 0 bridgehead atoms. The molecule has 5 nitrogen and oxygen atoms in total. The second kappa shape index (κ2) is 6.58. The van der Waals surface area contributed by atoms with Gasteiger partial charge in [-0.15, -0.1) is 0 Å². The number of rotatable bonds is 5. The third-order valence-electron chi connectivity index (χ3n) is 3.46. The molecule has 0 unspecified atom stereocenters. The second-order valence-electron chi connectivity index (χ2n) is 5.07. The number of nitrogens with zero attached hydrogens (tertiary/aromatic N) is 2. The molecule has 2 N–H and O–H groups in total. The lowest BCUT2D eigenvalue weighted by Gasteiger charge is -2.13. The van der Waals surface area contributed by atoms with Gasteiger partial charge in [0.2, 0.25) is 0 Å². The van der Waals surface area contributed by atoms with Gasteiger partial charge in [-0.3, -0.25) is 9.36 Å². The predicted molar refractivity (Wildman–Crippen MR) is 85.8 cm³/mol. The Morgan fingerprint density at radius 1 is 1.13 bits per heavy atom. The monoisotopic (exact) mass is 313 g/mol. The molecule has 3 aromatic rings. The SMILES string of the molecule is NCCn1c(OCc2ccc(F)cc2)nc2ccccc2c1=O. The normalized spacial score (nSPS) is 10.9. The van der Waals surface area contributed by atoms with E-state index in [1.54, 1.807) is 30.3 Å². The van der Waals surface area contributed by atoms with Crippen LogP contribution in [0.1, 0.15) is 5.56 Å². The second-order valence-corrected chi connectivity index (χ2v) is 5.07. The lowest BCUT2D eigenvalue weighted by atomic mass is 10.2. The van der Waals surface area contributed by atoms with E-state index in [0.29, 0.717) is 24.0 Å². The van der Waals surface area contributed by atoms with Gasteiger partial charge in [0.1, 0.15) is 12.4 Å². The summed E-state index contributed by atoms with van der Waals surface area (Å²) in [4.78, 5) is 16.9. The largest absolute Gasteiger partial charge is 0.460 e. The molecule has 0 atom stereocenters. The van der Waals surface area contributed by atoms with Gasteiger partial charge in [-0.1, -0.05) is 24.3 Å². The van der Waals surface area contributed by atoms with Gasteiger partial charge >= 0.3 is 0 Å². The van der Waals surface area contributed by atoms with Crippen LogP contribution in [0, 0.1) is 5.82 Å². The molecule has 0 radical (unpaired) electrons. The average Bonchev–Trinajstić information content (AvgIpc) is 2.57. The quantitative estimate of drug-likeness (QED) is 0.783. The van der Waals surface area contributed by atoms with Crippen molar-refractivity contribution in [3.63, 3.8) is 0 Å². The number of ether oxygens (including phenoxy) is 1. The van der Waals surface area contributed by atoms with Gasteiger partial charge in [0, 0.05) is 13.1 Å². The zero-order valence-corrected chi connectivity index (χ0v) is 12.4. The first-order chi connectivity index (χ1) is 11.2. The number of halogens is 1. The lowest BCUT2D eigenvalue weighted by Crippen LogP contribution is -2.26. The molecule has 0 saturated carbocycles. The van der Waals surface area contributed by atoms with Crippen LogP contribution in [0.2, 0.25) is 0 Å². The van der Waals surface area contributed by atoms with Crippen LogP contribution in [0.4, 0.5) is 4.39 Å². The highest BCUT2D eigenvalue weighted by molar-refractivity contribution is 5.77. The van der Waals surface area contributed by atoms with Gasteiger partial charge in [0.05, 0.1) is 10.9 Å².